The molecule has 1 heterocycles. The van der Waals surface area contributed by atoms with Gasteiger partial charge in [0.2, 0.25) is 5.90 Å². The number of hydrogen-bond donors (Lipinski definition) is 0. The summed E-state index contributed by atoms with van der Waals surface area (Å²) in [4.78, 5) is 26.7. The molecule has 0 amide bonds. The molecule has 3 rings (SSSR count). The maximum Gasteiger partial charge on any atom is 0.363 e. The fraction of sp³-hybridized carbons (Fsp3) is 0.0588. The van der Waals surface area contributed by atoms with Crippen molar-refractivity contribution in [1.29, 1.82) is 0 Å². The van der Waals surface area contributed by atoms with E-state index in [0.29, 0.717) is 16.7 Å². The zero-order valence-corrected chi connectivity index (χ0v) is 12.2. The standard InChI is InChI=1S/C17H12N2O4/c1-11-13(8-5-9-15(11)19(21)22)10-14-17(20)23-16(18-14)12-6-3-2-4-7-12/h2-10H,1H3. The number of nitrogens with zero attached hydrogens (tertiary/aromatic N) is 2. The summed E-state index contributed by atoms with van der Waals surface area (Å²) in [6.45, 7) is 1.63. The third kappa shape index (κ3) is 2.87. The summed E-state index contributed by atoms with van der Waals surface area (Å²) < 4.78 is 5.16. The molecule has 0 fully saturated rings. The van der Waals surface area contributed by atoms with E-state index in [1.807, 2.05) is 18.2 Å². The highest BCUT2D eigenvalue weighted by Crippen LogP contribution is 2.25. The van der Waals surface area contributed by atoms with Crippen molar-refractivity contribution in [3.8, 4) is 0 Å². The third-order valence-electron chi connectivity index (χ3n) is 3.48. The molecule has 114 valence electrons. The van der Waals surface area contributed by atoms with E-state index in [-0.39, 0.29) is 17.3 Å². The Morgan fingerprint density at radius 1 is 1.13 bits per heavy atom. The first kappa shape index (κ1) is 14.6. The van der Waals surface area contributed by atoms with Gasteiger partial charge in [0.15, 0.2) is 5.70 Å². The van der Waals surface area contributed by atoms with Crippen molar-refractivity contribution in [3.63, 3.8) is 0 Å². The summed E-state index contributed by atoms with van der Waals surface area (Å²) in [5.74, 6) is -0.348. The lowest BCUT2D eigenvalue weighted by atomic mass is 10.1. The first-order valence-corrected chi connectivity index (χ1v) is 6.88. The van der Waals surface area contributed by atoms with Crippen LogP contribution in [0.25, 0.3) is 6.08 Å². The lowest BCUT2D eigenvalue weighted by Gasteiger charge is -2.01. The summed E-state index contributed by atoms with van der Waals surface area (Å²) in [6.07, 6.45) is 1.50. The van der Waals surface area contributed by atoms with Crippen LogP contribution in [0.5, 0.6) is 0 Å². The average Bonchev–Trinajstić information content (AvgIpc) is 2.91. The van der Waals surface area contributed by atoms with Gasteiger partial charge in [-0.1, -0.05) is 30.3 Å². The summed E-state index contributed by atoms with van der Waals surface area (Å²) in [5.41, 5.74) is 1.84. The molecule has 2 aromatic rings. The van der Waals surface area contributed by atoms with Crippen molar-refractivity contribution in [1.82, 2.24) is 0 Å². The number of hydrogen-bond acceptors (Lipinski definition) is 5. The van der Waals surface area contributed by atoms with E-state index in [9.17, 15) is 14.9 Å². The van der Waals surface area contributed by atoms with Gasteiger partial charge >= 0.3 is 5.97 Å². The number of ether oxygens (including phenoxy) is 1. The van der Waals surface area contributed by atoms with Crippen LogP contribution in [-0.4, -0.2) is 16.8 Å². The number of nitro groups is 1. The van der Waals surface area contributed by atoms with Gasteiger partial charge in [0.05, 0.1) is 4.92 Å². The highest BCUT2D eigenvalue weighted by atomic mass is 16.6. The van der Waals surface area contributed by atoms with Gasteiger partial charge < -0.3 is 4.74 Å². The van der Waals surface area contributed by atoms with Crippen molar-refractivity contribution < 1.29 is 14.5 Å². The molecule has 0 saturated heterocycles. The normalized spacial score (nSPS) is 15.4. The molecule has 23 heavy (non-hydrogen) atoms. The Bertz CT molecular complexity index is 854. The number of benzene rings is 2. The minimum atomic E-state index is -0.574. The molecular weight excluding hydrogens is 296 g/mol. The molecule has 0 N–H and O–H groups in total. The van der Waals surface area contributed by atoms with Crippen LogP contribution in [0, 0.1) is 17.0 Å². The molecule has 2 aromatic carbocycles. The van der Waals surface area contributed by atoms with E-state index >= 15 is 0 Å². The predicted molar refractivity (Wildman–Crippen MR) is 84.9 cm³/mol. The maximum absolute atomic E-state index is 12.0. The van der Waals surface area contributed by atoms with Crippen LogP contribution >= 0.6 is 0 Å². The van der Waals surface area contributed by atoms with E-state index < -0.39 is 10.9 Å². The number of nitro benzene ring substituents is 1. The zero-order valence-electron chi connectivity index (χ0n) is 12.2. The van der Waals surface area contributed by atoms with Crippen molar-refractivity contribution >= 4 is 23.6 Å². The Balaban J connectivity index is 2.00. The zero-order chi connectivity index (χ0) is 16.4. The quantitative estimate of drug-likeness (QED) is 0.377. The second-order valence-corrected chi connectivity index (χ2v) is 4.95. The molecule has 0 unspecified atom stereocenters. The van der Waals surface area contributed by atoms with Gasteiger partial charge in [0.1, 0.15) is 0 Å². The second-order valence-electron chi connectivity index (χ2n) is 4.95. The molecule has 0 atom stereocenters. The lowest BCUT2D eigenvalue weighted by Crippen LogP contribution is -2.05. The number of carbonyl (C=O) groups is 1. The molecule has 0 saturated carbocycles. The molecule has 0 bridgehead atoms. The largest absolute Gasteiger partial charge is 0.402 e. The van der Waals surface area contributed by atoms with Gasteiger partial charge in [-0.2, -0.15) is 0 Å². The topological polar surface area (TPSA) is 81.8 Å². The Labute approximate surface area is 131 Å². The molecule has 1 aliphatic rings. The van der Waals surface area contributed by atoms with Crippen LogP contribution in [0.4, 0.5) is 5.69 Å². The van der Waals surface area contributed by atoms with Gasteiger partial charge in [0, 0.05) is 17.2 Å². The van der Waals surface area contributed by atoms with Crippen LogP contribution in [-0.2, 0) is 9.53 Å². The van der Waals surface area contributed by atoms with Crippen LogP contribution in [0.1, 0.15) is 16.7 Å². The maximum atomic E-state index is 12.0. The molecule has 0 spiro atoms. The van der Waals surface area contributed by atoms with Gasteiger partial charge in [-0.05, 0) is 30.7 Å². The Hall–Kier alpha value is -3.28. The average molecular weight is 308 g/mol. The number of esters is 1. The fourth-order valence-electron chi connectivity index (χ4n) is 2.26. The van der Waals surface area contributed by atoms with Gasteiger partial charge in [-0.25, -0.2) is 9.79 Å². The fourth-order valence-corrected chi connectivity index (χ4v) is 2.26. The molecule has 0 radical (unpaired) electrons. The van der Waals surface area contributed by atoms with Crippen molar-refractivity contribution in [2.24, 2.45) is 4.99 Å². The first-order chi connectivity index (χ1) is 11.1. The van der Waals surface area contributed by atoms with E-state index in [4.69, 9.17) is 4.74 Å². The monoisotopic (exact) mass is 308 g/mol. The second kappa shape index (κ2) is 5.84. The van der Waals surface area contributed by atoms with Gasteiger partial charge in [-0.3, -0.25) is 10.1 Å². The molecular formula is C17H12N2O4. The predicted octanol–water partition coefficient (Wildman–Crippen LogP) is 3.25. The number of aliphatic imine (C=N–C) groups is 1. The van der Waals surface area contributed by atoms with Crippen LogP contribution in [0.2, 0.25) is 0 Å². The van der Waals surface area contributed by atoms with E-state index in [2.05, 4.69) is 4.99 Å². The van der Waals surface area contributed by atoms with E-state index in [1.165, 1.54) is 12.1 Å². The number of rotatable bonds is 3. The number of cyclic esters (lactones) is 1. The van der Waals surface area contributed by atoms with E-state index in [0.717, 1.165) is 0 Å². The van der Waals surface area contributed by atoms with Crippen molar-refractivity contribution in [2.45, 2.75) is 6.92 Å². The van der Waals surface area contributed by atoms with Gasteiger partial charge in [0.25, 0.3) is 5.69 Å². The smallest absolute Gasteiger partial charge is 0.363 e. The summed E-state index contributed by atoms with van der Waals surface area (Å²) >= 11 is 0. The van der Waals surface area contributed by atoms with Crippen LogP contribution in [0.3, 0.4) is 0 Å². The molecule has 0 aliphatic carbocycles. The highest BCUT2D eigenvalue weighted by Gasteiger charge is 2.24. The summed E-state index contributed by atoms with van der Waals surface area (Å²) in [5, 5.41) is 11.0. The SMILES string of the molecule is Cc1c(C=C2N=C(c3ccccc3)OC2=O)cccc1[N+](=O)[O-]. The molecule has 6 nitrogen and oxygen atoms in total. The minimum absolute atomic E-state index is 0.00187. The Kier molecular flexibility index (Phi) is 3.72. The Morgan fingerprint density at radius 2 is 1.87 bits per heavy atom. The van der Waals surface area contributed by atoms with E-state index in [1.54, 1.807) is 31.2 Å². The van der Waals surface area contributed by atoms with Gasteiger partial charge in [-0.15, -0.1) is 0 Å². The molecule has 0 aromatic heterocycles. The van der Waals surface area contributed by atoms with Crippen LogP contribution in [0.15, 0.2) is 59.2 Å². The first-order valence-electron chi connectivity index (χ1n) is 6.88. The lowest BCUT2D eigenvalue weighted by molar-refractivity contribution is -0.385. The number of carbonyl (C=O) groups excluding carboxylic acids is 1. The summed E-state index contributed by atoms with van der Waals surface area (Å²) in [7, 11) is 0. The van der Waals surface area contributed by atoms with Crippen molar-refractivity contribution in [3.05, 3.63) is 81.0 Å². The Morgan fingerprint density at radius 3 is 2.57 bits per heavy atom. The third-order valence-corrected chi connectivity index (χ3v) is 3.48. The minimum Gasteiger partial charge on any atom is -0.402 e. The highest BCUT2D eigenvalue weighted by molar-refractivity contribution is 6.12. The van der Waals surface area contributed by atoms with Crippen molar-refractivity contribution in [2.75, 3.05) is 0 Å². The summed E-state index contributed by atoms with van der Waals surface area (Å²) in [6, 6.07) is 13.7. The molecule has 1 aliphatic heterocycles. The van der Waals surface area contributed by atoms with Crippen LogP contribution < -0.4 is 0 Å². The molecule has 6 heteroatoms.